The second-order valence-electron chi connectivity index (χ2n) is 5.97. The number of aryl methyl sites for hydroxylation is 1. The third kappa shape index (κ3) is 3.25. The van der Waals surface area contributed by atoms with Crippen LogP contribution < -0.4 is 4.90 Å². The van der Waals surface area contributed by atoms with Crippen LogP contribution in [0.1, 0.15) is 26.3 Å². The highest BCUT2D eigenvalue weighted by Gasteiger charge is 2.25. The minimum Gasteiger partial charge on any atom is -0.478 e. The SMILES string of the molecule is Cc1cccc(N2CCN(C(=O)c3ccccc3C(=O)O)CC2)c1. The zero-order chi connectivity index (χ0) is 17.1. The highest BCUT2D eigenvalue weighted by molar-refractivity contribution is 6.04. The number of hydrogen-bond donors (Lipinski definition) is 1. The summed E-state index contributed by atoms with van der Waals surface area (Å²) in [6, 6.07) is 14.7. The molecule has 0 unspecified atom stereocenters. The Morgan fingerprint density at radius 1 is 0.917 bits per heavy atom. The van der Waals surface area contributed by atoms with Crippen LogP contribution in [0.25, 0.3) is 0 Å². The first kappa shape index (κ1) is 16.1. The standard InChI is InChI=1S/C19H20N2O3/c1-14-5-4-6-15(13-14)20-9-11-21(12-10-20)18(22)16-7-2-3-8-17(16)19(23)24/h2-8,13H,9-12H2,1H3,(H,23,24). The van der Waals surface area contributed by atoms with Crippen molar-refractivity contribution >= 4 is 17.6 Å². The lowest BCUT2D eigenvalue weighted by Crippen LogP contribution is -2.49. The second-order valence-corrected chi connectivity index (χ2v) is 5.97. The Hall–Kier alpha value is -2.82. The lowest BCUT2D eigenvalue weighted by Gasteiger charge is -2.36. The van der Waals surface area contributed by atoms with Gasteiger partial charge in [0.05, 0.1) is 11.1 Å². The largest absolute Gasteiger partial charge is 0.478 e. The van der Waals surface area contributed by atoms with E-state index in [2.05, 4.69) is 30.0 Å². The number of carboxylic acid groups (broad SMARTS) is 1. The van der Waals surface area contributed by atoms with E-state index in [1.54, 1.807) is 23.1 Å². The Bertz CT molecular complexity index is 765. The van der Waals surface area contributed by atoms with Crippen LogP contribution in [0, 0.1) is 6.92 Å². The molecule has 1 aliphatic heterocycles. The Morgan fingerprint density at radius 2 is 1.58 bits per heavy atom. The highest BCUT2D eigenvalue weighted by atomic mass is 16.4. The first-order valence-electron chi connectivity index (χ1n) is 7.99. The van der Waals surface area contributed by atoms with Crippen LogP contribution in [0.4, 0.5) is 5.69 Å². The van der Waals surface area contributed by atoms with E-state index in [-0.39, 0.29) is 17.0 Å². The normalized spacial score (nSPS) is 14.5. The fraction of sp³-hybridized carbons (Fsp3) is 0.263. The highest BCUT2D eigenvalue weighted by Crippen LogP contribution is 2.19. The maximum atomic E-state index is 12.7. The van der Waals surface area contributed by atoms with Gasteiger partial charge in [0.15, 0.2) is 0 Å². The molecule has 0 bridgehead atoms. The van der Waals surface area contributed by atoms with Crippen LogP contribution in [0.5, 0.6) is 0 Å². The molecular weight excluding hydrogens is 304 g/mol. The van der Waals surface area contributed by atoms with Gasteiger partial charge in [0.25, 0.3) is 5.91 Å². The zero-order valence-electron chi connectivity index (χ0n) is 13.6. The number of anilines is 1. The monoisotopic (exact) mass is 324 g/mol. The lowest BCUT2D eigenvalue weighted by molar-refractivity contribution is 0.0673. The van der Waals surface area contributed by atoms with Gasteiger partial charge in [-0.2, -0.15) is 0 Å². The summed E-state index contributed by atoms with van der Waals surface area (Å²) >= 11 is 0. The Labute approximate surface area is 141 Å². The van der Waals surface area contributed by atoms with Gasteiger partial charge in [0, 0.05) is 31.9 Å². The number of carbonyl (C=O) groups excluding carboxylic acids is 1. The van der Waals surface area contributed by atoms with Gasteiger partial charge in [-0.05, 0) is 36.8 Å². The van der Waals surface area contributed by atoms with Crippen molar-refractivity contribution in [3.05, 3.63) is 65.2 Å². The van der Waals surface area contributed by atoms with Crippen LogP contribution in [0.15, 0.2) is 48.5 Å². The summed E-state index contributed by atoms with van der Waals surface area (Å²) in [7, 11) is 0. The first-order chi connectivity index (χ1) is 11.6. The van der Waals surface area contributed by atoms with Crippen molar-refractivity contribution < 1.29 is 14.7 Å². The van der Waals surface area contributed by atoms with Crippen molar-refractivity contribution in [3.8, 4) is 0 Å². The third-order valence-corrected chi connectivity index (χ3v) is 4.32. The molecule has 1 N–H and O–H groups in total. The molecular formula is C19H20N2O3. The van der Waals surface area contributed by atoms with Crippen molar-refractivity contribution in [2.75, 3.05) is 31.1 Å². The van der Waals surface area contributed by atoms with Crippen molar-refractivity contribution in [2.45, 2.75) is 6.92 Å². The van der Waals surface area contributed by atoms with Crippen molar-refractivity contribution in [3.63, 3.8) is 0 Å². The van der Waals surface area contributed by atoms with Gasteiger partial charge in [-0.1, -0.05) is 24.3 Å². The number of piperazine rings is 1. The van der Waals surface area contributed by atoms with E-state index in [0.717, 1.165) is 18.8 Å². The Morgan fingerprint density at radius 3 is 2.21 bits per heavy atom. The van der Waals surface area contributed by atoms with E-state index in [4.69, 9.17) is 0 Å². The summed E-state index contributed by atoms with van der Waals surface area (Å²) in [6.45, 7) is 4.71. The van der Waals surface area contributed by atoms with Crippen molar-refractivity contribution in [1.82, 2.24) is 4.90 Å². The van der Waals surface area contributed by atoms with Gasteiger partial charge in [0.1, 0.15) is 0 Å². The Balaban J connectivity index is 1.71. The van der Waals surface area contributed by atoms with E-state index in [1.807, 2.05) is 6.07 Å². The number of carboxylic acids is 1. The van der Waals surface area contributed by atoms with E-state index >= 15 is 0 Å². The predicted molar refractivity (Wildman–Crippen MR) is 92.7 cm³/mol. The summed E-state index contributed by atoms with van der Waals surface area (Å²) in [5.74, 6) is -1.28. The van der Waals surface area contributed by atoms with Crippen molar-refractivity contribution in [1.29, 1.82) is 0 Å². The van der Waals surface area contributed by atoms with Gasteiger partial charge in [-0.3, -0.25) is 4.79 Å². The molecule has 0 aliphatic carbocycles. The summed E-state index contributed by atoms with van der Waals surface area (Å²) in [4.78, 5) is 27.9. The quantitative estimate of drug-likeness (QED) is 0.943. The van der Waals surface area contributed by atoms with Crippen LogP contribution in [-0.2, 0) is 0 Å². The molecule has 0 saturated carbocycles. The van der Waals surface area contributed by atoms with Crippen LogP contribution in [0.2, 0.25) is 0 Å². The maximum Gasteiger partial charge on any atom is 0.336 e. The van der Waals surface area contributed by atoms with Gasteiger partial charge < -0.3 is 14.9 Å². The predicted octanol–water partition coefficient (Wildman–Crippen LogP) is 2.66. The smallest absolute Gasteiger partial charge is 0.336 e. The van der Waals surface area contributed by atoms with Gasteiger partial charge in [0.2, 0.25) is 0 Å². The fourth-order valence-electron chi connectivity index (χ4n) is 3.02. The summed E-state index contributed by atoms with van der Waals surface area (Å²) < 4.78 is 0. The van der Waals surface area contributed by atoms with Gasteiger partial charge >= 0.3 is 5.97 Å². The van der Waals surface area contributed by atoms with Crippen LogP contribution in [-0.4, -0.2) is 48.1 Å². The molecule has 0 atom stereocenters. The molecule has 1 saturated heterocycles. The molecule has 0 radical (unpaired) electrons. The van der Waals surface area contributed by atoms with Crippen LogP contribution >= 0.6 is 0 Å². The van der Waals surface area contributed by atoms with Crippen molar-refractivity contribution in [2.24, 2.45) is 0 Å². The fourth-order valence-corrected chi connectivity index (χ4v) is 3.02. The number of aromatic carboxylic acids is 1. The molecule has 3 rings (SSSR count). The average molecular weight is 324 g/mol. The minimum absolute atomic E-state index is 0.0589. The van der Waals surface area contributed by atoms with E-state index in [9.17, 15) is 14.7 Å². The molecule has 2 aromatic rings. The zero-order valence-corrected chi connectivity index (χ0v) is 13.6. The summed E-state index contributed by atoms with van der Waals surface area (Å²) in [5.41, 5.74) is 2.69. The molecule has 124 valence electrons. The maximum absolute atomic E-state index is 12.7. The van der Waals surface area contributed by atoms with E-state index in [0.29, 0.717) is 13.1 Å². The summed E-state index contributed by atoms with van der Waals surface area (Å²) in [6.07, 6.45) is 0. The van der Waals surface area contributed by atoms with Gasteiger partial charge in [-0.15, -0.1) is 0 Å². The molecule has 5 nitrogen and oxygen atoms in total. The molecule has 1 heterocycles. The van der Waals surface area contributed by atoms with Gasteiger partial charge in [-0.25, -0.2) is 4.79 Å². The minimum atomic E-state index is -1.07. The third-order valence-electron chi connectivity index (χ3n) is 4.32. The number of benzene rings is 2. The molecule has 0 aromatic heterocycles. The topological polar surface area (TPSA) is 60.9 Å². The number of nitrogens with zero attached hydrogens (tertiary/aromatic N) is 2. The number of amides is 1. The number of hydrogen-bond acceptors (Lipinski definition) is 3. The summed E-state index contributed by atoms with van der Waals surface area (Å²) in [5, 5.41) is 9.25. The molecule has 24 heavy (non-hydrogen) atoms. The average Bonchev–Trinajstić information content (AvgIpc) is 2.61. The lowest BCUT2D eigenvalue weighted by atomic mass is 10.1. The molecule has 1 fully saturated rings. The van der Waals surface area contributed by atoms with E-state index in [1.165, 1.54) is 11.6 Å². The number of rotatable bonds is 3. The molecule has 0 spiro atoms. The molecule has 5 heteroatoms. The first-order valence-corrected chi connectivity index (χ1v) is 7.99. The number of carbonyl (C=O) groups is 2. The Kier molecular flexibility index (Phi) is 4.51. The molecule has 1 amide bonds. The van der Waals surface area contributed by atoms with Crippen LogP contribution in [0.3, 0.4) is 0 Å². The van der Waals surface area contributed by atoms with E-state index < -0.39 is 5.97 Å². The second kappa shape index (κ2) is 6.74. The molecule has 1 aliphatic rings. The molecule has 2 aromatic carbocycles.